The fraction of sp³-hybridized carbons (Fsp3) is 0.200. The van der Waals surface area contributed by atoms with Crippen molar-refractivity contribution >= 4 is 23.4 Å². The molecule has 0 fully saturated rings. The molecule has 0 amide bonds. The number of nitrogen functional groups attached to an aromatic ring is 1. The molecule has 22 heavy (non-hydrogen) atoms. The first-order valence-corrected chi connectivity index (χ1v) is 10.1. The van der Waals surface area contributed by atoms with Crippen LogP contribution in [0.25, 0.3) is 0 Å². The van der Waals surface area contributed by atoms with E-state index in [1.165, 1.54) is 31.2 Å². The van der Waals surface area contributed by atoms with Crippen molar-refractivity contribution in [1.82, 2.24) is 0 Å². The summed E-state index contributed by atoms with van der Waals surface area (Å²) in [6.07, 6.45) is 0. The van der Waals surface area contributed by atoms with Crippen LogP contribution in [-0.4, -0.2) is 16.8 Å². The first-order chi connectivity index (χ1) is 10.2. The number of rotatable bonds is 4. The van der Waals surface area contributed by atoms with Gasteiger partial charge < -0.3 is 5.73 Å². The van der Waals surface area contributed by atoms with Gasteiger partial charge in [-0.05, 0) is 43.7 Å². The van der Waals surface area contributed by atoms with Gasteiger partial charge in [-0.3, -0.25) is 0 Å². The molecule has 2 aromatic rings. The molecule has 1 unspecified atom stereocenters. The van der Waals surface area contributed by atoms with Crippen molar-refractivity contribution in [1.29, 1.82) is 0 Å². The Balaban J connectivity index is 2.48. The third-order valence-corrected chi connectivity index (χ3v) is 9.33. The van der Waals surface area contributed by atoms with Crippen LogP contribution in [0.15, 0.2) is 53.4 Å². The maximum absolute atomic E-state index is 12.5. The lowest BCUT2D eigenvalue weighted by Gasteiger charge is -2.14. The van der Waals surface area contributed by atoms with Crippen LogP contribution in [0.4, 0.5) is 5.69 Å². The highest BCUT2D eigenvalue weighted by Crippen LogP contribution is 2.31. The van der Waals surface area contributed by atoms with E-state index in [0.717, 1.165) is 5.56 Å². The summed E-state index contributed by atoms with van der Waals surface area (Å²) in [5.41, 5.74) is 7.27. The second-order valence-electron chi connectivity index (χ2n) is 5.07. The summed E-state index contributed by atoms with van der Waals surface area (Å²) >= 11 is 0. The van der Waals surface area contributed by atoms with Crippen molar-refractivity contribution in [3.05, 3.63) is 59.7 Å². The van der Waals surface area contributed by atoms with Gasteiger partial charge in [0, 0.05) is 5.69 Å². The molecule has 0 radical (unpaired) electrons. The van der Waals surface area contributed by atoms with Crippen molar-refractivity contribution in [2.75, 3.05) is 5.73 Å². The molecule has 0 aliphatic rings. The fourth-order valence-corrected chi connectivity index (χ4v) is 6.18. The quantitative estimate of drug-likeness (QED) is 0.682. The summed E-state index contributed by atoms with van der Waals surface area (Å²) in [5, 5.41) is -1.18. The molecule has 5 nitrogen and oxygen atoms in total. The van der Waals surface area contributed by atoms with E-state index in [1.54, 1.807) is 31.2 Å². The summed E-state index contributed by atoms with van der Waals surface area (Å²) in [7, 11) is -8.91. The van der Waals surface area contributed by atoms with Crippen LogP contribution >= 0.6 is 0 Å². The maximum Gasteiger partial charge on any atom is 0.282 e. The summed E-state index contributed by atoms with van der Waals surface area (Å²) in [5.74, 6) is 0. The summed E-state index contributed by atoms with van der Waals surface area (Å²) in [6.45, 7) is 3.15. The number of hydrogen-bond donors (Lipinski definition) is 1. The van der Waals surface area contributed by atoms with Crippen molar-refractivity contribution in [3.8, 4) is 0 Å². The zero-order valence-electron chi connectivity index (χ0n) is 12.2. The molecule has 0 spiro atoms. The molecule has 2 N–H and O–H groups in total. The SMILES string of the molecule is Cc1ccc(S(=O)(=O)S(=O)(=O)C(C)c2ccc(N)cc2)cc1. The number of anilines is 1. The number of nitrogens with two attached hydrogens (primary N) is 1. The zero-order chi connectivity index (χ0) is 16.5. The average molecular weight is 339 g/mol. The Morgan fingerprint density at radius 3 is 1.86 bits per heavy atom. The predicted molar refractivity (Wildman–Crippen MR) is 86.6 cm³/mol. The van der Waals surface area contributed by atoms with Gasteiger partial charge in [-0.15, -0.1) is 0 Å². The molecule has 0 aliphatic heterocycles. The van der Waals surface area contributed by atoms with E-state index in [-0.39, 0.29) is 4.90 Å². The topological polar surface area (TPSA) is 94.3 Å². The molecule has 0 aliphatic carbocycles. The van der Waals surface area contributed by atoms with E-state index in [0.29, 0.717) is 11.3 Å². The first-order valence-electron chi connectivity index (χ1n) is 6.57. The third-order valence-electron chi connectivity index (χ3n) is 3.45. The number of hydrogen-bond acceptors (Lipinski definition) is 5. The Hall–Kier alpha value is -1.86. The van der Waals surface area contributed by atoms with Gasteiger partial charge in [0.15, 0.2) is 0 Å². The third kappa shape index (κ3) is 2.86. The second-order valence-corrected chi connectivity index (χ2v) is 10.9. The lowest BCUT2D eigenvalue weighted by Crippen LogP contribution is -2.21. The summed E-state index contributed by atoms with van der Waals surface area (Å²) < 4.78 is 49.9. The second kappa shape index (κ2) is 5.73. The van der Waals surface area contributed by atoms with Crippen molar-refractivity contribution in [3.63, 3.8) is 0 Å². The molecular formula is C15H17NO4S2. The highest BCUT2D eigenvalue weighted by Gasteiger charge is 2.37. The smallest absolute Gasteiger partial charge is 0.282 e. The average Bonchev–Trinajstić information content (AvgIpc) is 2.47. The van der Waals surface area contributed by atoms with E-state index in [4.69, 9.17) is 5.73 Å². The van der Waals surface area contributed by atoms with Gasteiger partial charge in [-0.2, -0.15) is 0 Å². The minimum absolute atomic E-state index is 0.222. The highest BCUT2D eigenvalue weighted by molar-refractivity contribution is 8.67. The molecule has 2 aromatic carbocycles. The fourth-order valence-electron chi connectivity index (χ4n) is 1.96. The molecule has 0 bridgehead atoms. The van der Waals surface area contributed by atoms with Gasteiger partial charge in [-0.1, -0.05) is 29.8 Å². The molecule has 2 rings (SSSR count). The normalized spacial score (nSPS) is 13.7. The Labute approximate surface area is 130 Å². The lowest BCUT2D eigenvalue weighted by molar-refractivity contribution is 0.577. The lowest BCUT2D eigenvalue weighted by atomic mass is 10.1. The molecule has 7 heteroatoms. The Morgan fingerprint density at radius 2 is 1.36 bits per heavy atom. The minimum atomic E-state index is -4.47. The van der Waals surface area contributed by atoms with Crippen LogP contribution in [0.2, 0.25) is 0 Å². The van der Waals surface area contributed by atoms with Crippen LogP contribution in [0, 0.1) is 6.92 Å². The summed E-state index contributed by atoms with van der Waals surface area (Å²) in [4.78, 5) is -0.222. The van der Waals surface area contributed by atoms with Gasteiger partial charge >= 0.3 is 0 Å². The molecule has 0 saturated heterocycles. The predicted octanol–water partition coefficient (Wildman–Crippen LogP) is 2.44. The van der Waals surface area contributed by atoms with Gasteiger partial charge in [0.25, 0.3) is 17.7 Å². The van der Waals surface area contributed by atoms with Crippen molar-refractivity contribution in [2.45, 2.75) is 24.0 Å². The van der Waals surface area contributed by atoms with E-state index < -0.39 is 23.0 Å². The van der Waals surface area contributed by atoms with Crippen LogP contribution in [0.5, 0.6) is 0 Å². The van der Waals surface area contributed by atoms with Gasteiger partial charge in [-0.25, -0.2) is 16.8 Å². The zero-order valence-corrected chi connectivity index (χ0v) is 13.9. The molecule has 0 heterocycles. The molecule has 0 aromatic heterocycles. The van der Waals surface area contributed by atoms with Crippen LogP contribution in [0.3, 0.4) is 0 Å². The van der Waals surface area contributed by atoms with E-state index in [2.05, 4.69) is 0 Å². The first kappa shape index (κ1) is 16.5. The van der Waals surface area contributed by atoms with Crippen molar-refractivity contribution < 1.29 is 16.8 Å². The molecular weight excluding hydrogens is 322 g/mol. The molecule has 118 valence electrons. The van der Waals surface area contributed by atoms with Gasteiger partial charge in [0.2, 0.25) is 0 Å². The molecule has 1 atom stereocenters. The minimum Gasteiger partial charge on any atom is -0.399 e. The van der Waals surface area contributed by atoms with E-state index in [9.17, 15) is 16.8 Å². The Bertz CT molecular complexity index is 868. The van der Waals surface area contributed by atoms with Crippen molar-refractivity contribution in [2.24, 2.45) is 0 Å². The largest absolute Gasteiger partial charge is 0.399 e. The van der Waals surface area contributed by atoms with Crippen LogP contribution in [0.1, 0.15) is 23.3 Å². The van der Waals surface area contributed by atoms with Gasteiger partial charge in [0.05, 0.1) is 10.1 Å². The van der Waals surface area contributed by atoms with E-state index >= 15 is 0 Å². The Kier molecular flexibility index (Phi) is 4.30. The Morgan fingerprint density at radius 1 is 0.864 bits per heavy atom. The number of benzene rings is 2. The summed E-state index contributed by atoms with van der Waals surface area (Å²) in [6, 6.07) is 11.9. The van der Waals surface area contributed by atoms with Crippen LogP contribution in [-0.2, 0) is 17.7 Å². The van der Waals surface area contributed by atoms with Gasteiger partial charge in [0.1, 0.15) is 0 Å². The van der Waals surface area contributed by atoms with Crippen LogP contribution < -0.4 is 5.73 Å². The highest BCUT2D eigenvalue weighted by atomic mass is 33.2. The monoisotopic (exact) mass is 339 g/mol. The maximum atomic E-state index is 12.5. The number of aryl methyl sites for hydroxylation is 1. The van der Waals surface area contributed by atoms with E-state index in [1.807, 2.05) is 0 Å². The molecule has 0 saturated carbocycles. The standard InChI is InChI=1S/C15H17NO4S2/c1-11-3-9-15(10-4-11)22(19,20)21(17,18)12(2)13-5-7-14(16)8-6-13/h3-10,12H,16H2,1-2H3.